The molecule has 6 heteroatoms. The summed E-state index contributed by atoms with van der Waals surface area (Å²) < 4.78 is 5.47. The third-order valence-electron chi connectivity index (χ3n) is 16.4. The van der Waals surface area contributed by atoms with Gasteiger partial charge in [0, 0.05) is 12.8 Å². The SMILES string of the molecule is CCCC/C=C\CCCCCCCC(=O)OCCCCCCCCCCCCCCCC/C=C\CCCCCCCCCCCCCCCCCCCC(=O)NC(CO)C(O)/C=C/CCCCCCCCCCCCCCC. The summed E-state index contributed by atoms with van der Waals surface area (Å²) in [7, 11) is 0. The third kappa shape index (κ3) is 63.3. The van der Waals surface area contributed by atoms with E-state index in [0.717, 1.165) is 44.9 Å². The maximum atomic E-state index is 12.5. The second kappa shape index (κ2) is 67.6. The Morgan fingerprint density at radius 1 is 0.346 bits per heavy atom. The van der Waals surface area contributed by atoms with Crippen molar-refractivity contribution in [3.8, 4) is 0 Å². The van der Waals surface area contributed by atoms with Crippen LogP contribution < -0.4 is 5.32 Å². The van der Waals surface area contributed by atoms with E-state index in [1.54, 1.807) is 6.08 Å². The van der Waals surface area contributed by atoms with Crippen molar-refractivity contribution in [1.82, 2.24) is 5.32 Å². The van der Waals surface area contributed by atoms with Crippen LogP contribution in [0, 0.1) is 0 Å². The number of amides is 1. The number of nitrogens with one attached hydrogen (secondary N) is 1. The largest absolute Gasteiger partial charge is 0.466 e. The van der Waals surface area contributed by atoms with Gasteiger partial charge in [0.05, 0.1) is 25.4 Å². The fourth-order valence-corrected chi connectivity index (χ4v) is 11.0. The summed E-state index contributed by atoms with van der Waals surface area (Å²) >= 11 is 0. The Balaban J connectivity index is 3.35. The Morgan fingerprint density at radius 3 is 0.949 bits per heavy atom. The minimum Gasteiger partial charge on any atom is -0.466 e. The summed E-state index contributed by atoms with van der Waals surface area (Å²) in [5.74, 6) is -0.0533. The lowest BCUT2D eigenvalue weighted by molar-refractivity contribution is -0.143. The van der Waals surface area contributed by atoms with Crippen LogP contribution in [-0.2, 0) is 14.3 Å². The number of unbranched alkanes of at least 4 members (excludes halogenated alkanes) is 51. The molecule has 2 unspecified atom stereocenters. The summed E-state index contributed by atoms with van der Waals surface area (Å²) in [5.41, 5.74) is 0. The molecule has 0 aromatic heterocycles. The second-order valence-electron chi connectivity index (χ2n) is 24.2. The normalized spacial score (nSPS) is 12.7. The van der Waals surface area contributed by atoms with E-state index in [1.165, 1.54) is 315 Å². The highest BCUT2D eigenvalue weighted by Gasteiger charge is 2.18. The van der Waals surface area contributed by atoms with Crippen molar-refractivity contribution in [1.29, 1.82) is 0 Å². The summed E-state index contributed by atoms with van der Waals surface area (Å²) in [4.78, 5) is 24.5. The zero-order valence-corrected chi connectivity index (χ0v) is 52.7. The highest BCUT2D eigenvalue weighted by atomic mass is 16.5. The van der Waals surface area contributed by atoms with Crippen molar-refractivity contribution in [2.24, 2.45) is 0 Å². The molecular weight excluding hydrogens is 959 g/mol. The maximum absolute atomic E-state index is 12.5. The molecule has 3 N–H and O–H groups in total. The maximum Gasteiger partial charge on any atom is 0.305 e. The molecule has 0 fully saturated rings. The monoisotopic (exact) mass is 1100 g/mol. The molecule has 0 saturated heterocycles. The number of aliphatic hydroxyl groups excluding tert-OH is 2. The lowest BCUT2D eigenvalue weighted by atomic mass is 10.0. The van der Waals surface area contributed by atoms with Gasteiger partial charge in [-0.05, 0) is 77.0 Å². The fourth-order valence-electron chi connectivity index (χ4n) is 11.0. The van der Waals surface area contributed by atoms with Gasteiger partial charge >= 0.3 is 5.97 Å². The first-order valence-corrected chi connectivity index (χ1v) is 35.3. The van der Waals surface area contributed by atoms with Gasteiger partial charge in [0.25, 0.3) is 0 Å². The first-order valence-electron chi connectivity index (χ1n) is 35.3. The van der Waals surface area contributed by atoms with Gasteiger partial charge in [-0.3, -0.25) is 9.59 Å². The first-order chi connectivity index (χ1) is 38.5. The highest BCUT2D eigenvalue weighted by molar-refractivity contribution is 5.76. The van der Waals surface area contributed by atoms with Gasteiger partial charge in [-0.2, -0.15) is 0 Å². The Morgan fingerprint density at radius 2 is 0.615 bits per heavy atom. The van der Waals surface area contributed by atoms with E-state index >= 15 is 0 Å². The number of esters is 1. The predicted molar refractivity (Wildman–Crippen MR) is 343 cm³/mol. The summed E-state index contributed by atoms with van der Waals surface area (Å²) in [6.45, 7) is 4.89. The number of hydrogen-bond donors (Lipinski definition) is 3. The number of hydrogen-bond acceptors (Lipinski definition) is 5. The van der Waals surface area contributed by atoms with Crippen LogP contribution in [-0.4, -0.2) is 47.4 Å². The summed E-state index contributed by atoms with van der Waals surface area (Å²) in [5, 5.41) is 23.2. The Kier molecular flexibility index (Phi) is 65.9. The van der Waals surface area contributed by atoms with Crippen molar-refractivity contribution in [3.05, 3.63) is 36.5 Å². The summed E-state index contributed by atoms with van der Waals surface area (Å²) in [6.07, 6.45) is 86.7. The molecule has 0 aliphatic carbocycles. The van der Waals surface area contributed by atoms with Gasteiger partial charge in [-0.25, -0.2) is 0 Å². The van der Waals surface area contributed by atoms with Gasteiger partial charge in [0.1, 0.15) is 0 Å². The smallest absolute Gasteiger partial charge is 0.305 e. The molecule has 2 atom stereocenters. The molecule has 1 amide bonds. The third-order valence-corrected chi connectivity index (χ3v) is 16.4. The van der Waals surface area contributed by atoms with E-state index in [0.29, 0.717) is 19.4 Å². The molecule has 0 aromatic carbocycles. The van der Waals surface area contributed by atoms with E-state index in [4.69, 9.17) is 4.74 Å². The van der Waals surface area contributed by atoms with Crippen molar-refractivity contribution in [2.45, 2.75) is 398 Å². The Bertz CT molecular complexity index is 1260. The van der Waals surface area contributed by atoms with Crippen molar-refractivity contribution in [3.63, 3.8) is 0 Å². The Labute approximate surface area is 487 Å². The molecule has 0 saturated carbocycles. The van der Waals surface area contributed by atoms with Gasteiger partial charge < -0.3 is 20.3 Å². The van der Waals surface area contributed by atoms with E-state index < -0.39 is 12.1 Å². The Hall–Kier alpha value is -1.92. The molecule has 0 bridgehead atoms. The fraction of sp³-hybridized carbons (Fsp3) is 0.889. The molecule has 78 heavy (non-hydrogen) atoms. The number of allylic oxidation sites excluding steroid dienone is 5. The molecule has 0 aliphatic rings. The van der Waals surface area contributed by atoms with E-state index in [1.807, 2.05) is 6.08 Å². The van der Waals surface area contributed by atoms with Crippen molar-refractivity contribution in [2.75, 3.05) is 13.2 Å². The number of ether oxygens (including phenoxy) is 1. The van der Waals surface area contributed by atoms with Crippen molar-refractivity contribution < 1.29 is 24.5 Å². The van der Waals surface area contributed by atoms with Crippen LogP contribution in [0.2, 0.25) is 0 Å². The number of aliphatic hydroxyl groups is 2. The zero-order chi connectivity index (χ0) is 56.4. The molecule has 460 valence electrons. The highest BCUT2D eigenvalue weighted by Crippen LogP contribution is 2.18. The standard InChI is InChI=1S/C72H137NO5/c1-3-5-7-9-11-13-15-16-38-41-45-48-52-56-60-64-70(75)69(68-74)73-71(76)65-61-57-53-49-46-42-39-36-34-32-30-28-26-24-22-20-18-17-19-21-23-25-27-29-31-33-35-37-40-43-47-51-55-59-63-67-78-72(77)66-62-58-54-50-44-14-12-10-8-6-4-2/h10,12,19,21,60,64,69-70,74-75H,3-9,11,13-18,20,22-59,61-63,65-68H2,1-2H3,(H,73,76)/b12-10-,21-19-,64-60+. The second-order valence-corrected chi connectivity index (χ2v) is 24.2. The van der Waals surface area contributed by atoms with Crippen LogP contribution in [0.25, 0.3) is 0 Å². The predicted octanol–water partition coefficient (Wildman–Crippen LogP) is 22.7. The lowest BCUT2D eigenvalue weighted by Gasteiger charge is -2.20. The number of carbonyl (C=O) groups excluding carboxylic acids is 2. The average Bonchev–Trinajstić information content (AvgIpc) is 3.44. The molecular formula is C72H137NO5. The lowest BCUT2D eigenvalue weighted by Crippen LogP contribution is -2.45. The van der Waals surface area contributed by atoms with Crippen LogP contribution in [0.5, 0.6) is 0 Å². The molecule has 0 radical (unpaired) electrons. The molecule has 0 rings (SSSR count). The van der Waals surface area contributed by atoms with E-state index in [-0.39, 0.29) is 18.5 Å². The topological polar surface area (TPSA) is 95.9 Å². The zero-order valence-electron chi connectivity index (χ0n) is 52.7. The minimum absolute atomic E-state index is 0.00899. The van der Waals surface area contributed by atoms with Crippen LogP contribution >= 0.6 is 0 Å². The number of rotatable bonds is 66. The summed E-state index contributed by atoms with van der Waals surface area (Å²) in [6, 6.07) is -0.625. The van der Waals surface area contributed by atoms with Crippen molar-refractivity contribution >= 4 is 11.9 Å². The van der Waals surface area contributed by atoms with Gasteiger partial charge in [0.2, 0.25) is 5.91 Å². The van der Waals surface area contributed by atoms with Crippen LogP contribution in [0.4, 0.5) is 0 Å². The van der Waals surface area contributed by atoms with Gasteiger partial charge in [0.15, 0.2) is 0 Å². The average molecular weight is 1100 g/mol. The van der Waals surface area contributed by atoms with E-state index in [9.17, 15) is 19.8 Å². The molecule has 0 heterocycles. The van der Waals surface area contributed by atoms with Crippen LogP contribution in [0.1, 0.15) is 386 Å². The molecule has 0 aliphatic heterocycles. The minimum atomic E-state index is -0.842. The molecule has 0 aromatic rings. The molecule has 0 spiro atoms. The van der Waals surface area contributed by atoms with Gasteiger partial charge in [-0.1, -0.05) is 333 Å². The molecule has 6 nitrogen and oxygen atoms in total. The van der Waals surface area contributed by atoms with Crippen LogP contribution in [0.15, 0.2) is 36.5 Å². The van der Waals surface area contributed by atoms with E-state index in [2.05, 4.69) is 43.5 Å². The number of carbonyl (C=O) groups is 2. The van der Waals surface area contributed by atoms with Gasteiger partial charge in [-0.15, -0.1) is 0 Å². The first kappa shape index (κ1) is 76.1. The quantitative estimate of drug-likeness (QED) is 0.0320. The van der Waals surface area contributed by atoms with Crippen LogP contribution in [0.3, 0.4) is 0 Å².